The summed E-state index contributed by atoms with van der Waals surface area (Å²) in [5.74, 6) is -1.11. The Balaban J connectivity index is 0.00000650. The number of alkyl halides is 2. The van der Waals surface area contributed by atoms with Crippen LogP contribution < -0.4 is 60.5 Å². The van der Waals surface area contributed by atoms with Gasteiger partial charge in [-0.3, -0.25) is 42.8 Å². The Kier molecular flexibility index (Phi) is 15.5. The number of nitrogens with one attached hydrogen (secondary N) is 3. The van der Waals surface area contributed by atoms with E-state index in [1.54, 1.807) is 0 Å². The minimum atomic E-state index is -5.07. The molecule has 2 aromatic carbocycles. The van der Waals surface area contributed by atoms with Gasteiger partial charge in [-0.1, -0.05) is 44.0 Å². The summed E-state index contributed by atoms with van der Waals surface area (Å²) in [7, 11) is -8.83. The van der Waals surface area contributed by atoms with Crippen molar-refractivity contribution in [3.8, 4) is 11.5 Å². The quantitative estimate of drug-likeness (QED) is 0.0761. The summed E-state index contributed by atoms with van der Waals surface area (Å²) >= 11 is 6.02. The smallest absolute Gasteiger partial charge is 0.404 e. The molecule has 1 aliphatic heterocycles. The molecular formula is C26H28Br2N4NaO14P2+. The summed E-state index contributed by atoms with van der Waals surface area (Å²) < 4.78 is 59.3. The van der Waals surface area contributed by atoms with E-state index in [1.807, 2.05) is 4.98 Å². The Labute approximate surface area is 316 Å². The maximum atomic E-state index is 13.2. The number of H-pyrrole nitrogens is 1. The van der Waals surface area contributed by atoms with Crippen LogP contribution in [0.1, 0.15) is 6.23 Å². The van der Waals surface area contributed by atoms with Crippen molar-refractivity contribution in [3.05, 3.63) is 81.6 Å². The molecule has 1 saturated heterocycles. The van der Waals surface area contributed by atoms with Crippen LogP contribution in [-0.4, -0.2) is 73.8 Å². The van der Waals surface area contributed by atoms with Gasteiger partial charge in [-0.15, -0.1) is 0 Å². The van der Waals surface area contributed by atoms with E-state index in [4.69, 9.17) is 27.6 Å². The van der Waals surface area contributed by atoms with Crippen LogP contribution in [0.15, 0.2) is 70.4 Å². The second-order valence-electron chi connectivity index (χ2n) is 9.69. The summed E-state index contributed by atoms with van der Waals surface area (Å²) in [5.41, 5.74) is -1.14. The molecule has 49 heavy (non-hydrogen) atoms. The van der Waals surface area contributed by atoms with Crippen LogP contribution in [0, 0.1) is 0 Å². The van der Waals surface area contributed by atoms with Crippen molar-refractivity contribution >= 4 is 70.7 Å². The molecule has 1 fully saturated rings. The molecule has 6 unspecified atom stereocenters. The zero-order valence-corrected chi connectivity index (χ0v) is 32.6. The average molecular weight is 865 g/mol. The minimum Gasteiger partial charge on any atom is -0.404 e. The number of carbonyl (C=O) groups excluding carboxylic acids is 2. The Morgan fingerprint density at radius 2 is 1.47 bits per heavy atom. The van der Waals surface area contributed by atoms with Crippen molar-refractivity contribution in [2.75, 3.05) is 35.0 Å². The first-order valence-electron chi connectivity index (χ1n) is 13.5. The molecule has 6 atom stereocenters. The first-order valence-corrected chi connectivity index (χ1v) is 18.7. The number of aromatic nitrogens is 2. The molecule has 2 heterocycles. The van der Waals surface area contributed by atoms with Crippen LogP contribution in [0.4, 0.5) is 11.4 Å². The number of carbonyl (C=O) groups is 2. The number of methoxy groups -OCH3 is 1. The number of nitrogens with zero attached hydrogens (tertiary/aromatic N) is 1. The summed E-state index contributed by atoms with van der Waals surface area (Å²) in [4.78, 5) is 70.9. The van der Waals surface area contributed by atoms with E-state index < -0.39 is 63.9 Å². The SMILES string of the molecule is COC1C(OP(=O)(O)Oc2cccc(NC(=O)CBr)c2)C(COP(=O)(O)Oc2cccc(NC(=O)CBr)c2)OC1n1ccc(=O)[nH]c1=O.[Na+]. The molecule has 3 aromatic rings. The van der Waals surface area contributed by atoms with E-state index in [-0.39, 0.29) is 69.0 Å². The van der Waals surface area contributed by atoms with Gasteiger partial charge in [0.05, 0.1) is 17.3 Å². The molecule has 23 heteroatoms. The third kappa shape index (κ3) is 12.0. The van der Waals surface area contributed by atoms with Gasteiger partial charge < -0.3 is 29.2 Å². The van der Waals surface area contributed by atoms with Crippen molar-refractivity contribution in [1.29, 1.82) is 0 Å². The Hall–Kier alpha value is -2.16. The average Bonchev–Trinajstić information content (AvgIpc) is 3.35. The fourth-order valence-corrected chi connectivity index (χ4v) is 6.39. The van der Waals surface area contributed by atoms with Crippen LogP contribution in [0.25, 0.3) is 0 Å². The number of rotatable bonds is 15. The van der Waals surface area contributed by atoms with Gasteiger partial charge in [0.1, 0.15) is 29.8 Å². The van der Waals surface area contributed by atoms with Gasteiger partial charge in [0.25, 0.3) is 5.56 Å². The number of amides is 2. The Bertz CT molecular complexity index is 1850. The molecule has 4 rings (SSSR count). The molecule has 260 valence electrons. The maximum absolute atomic E-state index is 13.2. The zero-order chi connectivity index (χ0) is 35.1. The van der Waals surface area contributed by atoms with Gasteiger partial charge in [-0.25, -0.2) is 13.9 Å². The number of hydrogen-bond donors (Lipinski definition) is 5. The summed E-state index contributed by atoms with van der Waals surface area (Å²) in [6, 6.07) is 12.1. The molecule has 1 aromatic heterocycles. The van der Waals surface area contributed by atoms with E-state index >= 15 is 0 Å². The van der Waals surface area contributed by atoms with Crippen molar-refractivity contribution in [2.24, 2.45) is 0 Å². The topological polar surface area (TPSA) is 243 Å². The zero-order valence-electron chi connectivity index (χ0n) is 25.6. The number of aromatic amines is 1. The predicted molar refractivity (Wildman–Crippen MR) is 175 cm³/mol. The van der Waals surface area contributed by atoms with Gasteiger partial charge in [-0.05, 0) is 24.3 Å². The third-order valence-corrected chi connectivity index (χ3v) is 9.15. The molecule has 5 N–H and O–H groups in total. The number of anilines is 2. The van der Waals surface area contributed by atoms with Crippen LogP contribution in [0.3, 0.4) is 0 Å². The summed E-state index contributed by atoms with van der Waals surface area (Å²) in [6.07, 6.45) is -4.77. The molecule has 2 amide bonds. The van der Waals surface area contributed by atoms with E-state index in [0.29, 0.717) is 0 Å². The maximum Gasteiger partial charge on any atom is 1.00 e. The number of benzene rings is 2. The van der Waals surface area contributed by atoms with Crippen LogP contribution in [-0.2, 0) is 37.2 Å². The van der Waals surface area contributed by atoms with Crippen LogP contribution in [0.2, 0.25) is 0 Å². The van der Waals surface area contributed by atoms with Crippen molar-refractivity contribution in [1.82, 2.24) is 9.55 Å². The van der Waals surface area contributed by atoms with E-state index in [0.717, 1.165) is 16.8 Å². The molecule has 1 aliphatic rings. The monoisotopic (exact) mass is 863 g/mol. The first kappa shape index (κ1) is 41.3. The normalized spacial score (nSPS) is 21.0. The number of halogens is 2. The van der Waals surface area contributed by atoms with Gasteiger partial charge in [0.2, 0.25) is 11.8 Å². The van der Waals surface area contributed by atoms with Gasteiger partial charge >= 0.3 is 50.9 Å². The van der Waals surface area contributed by atoms with Crippen molar-refractivity contribution in [2.45, 2.75) is 24.5 Å². The molecule has 0 bridgehead atoms. The number of hydrogen-bond acceptors (Lipinski definition) is 12. The fraction of sp³-hybridized carbons (Fsp3) is 0.308. The third-order valence-electron chi connectivity index (χ3n) is 6.26. The van der Waals surface area contributed by atoms with Crippen molar-refractivity contribution in [3.63, 3.8) is 0 Å². The van der Waals surface area contributed by atoms with E-state index in [1.165, 1.54) is 55.6 Å². The Morgan fingerprint density at radius 3 is 1.98 bits per heavy atom. The largest absolute Gasteiger partial charge is 1.00 e. The molecule has 0 aliphatic carbocycles. The summed E-state index contributed by atoms with van der Waals surface area (Å²) in [6.45, 7) is -0.818. The van der Waals surface area contributed by atoms with Crippen molar-refractivity contribution < 1.29 is 85.6 Å². The second-order valence-corrected chi connectivity index (χ2v) is 13.5. The Morgan fingerprint density at radius 1 is 0.918 bits per heavy atom. The molecular weight excluding hydrogens is 837 g/mol. The first-order chi connectivity index (χ1) is 22.7. The summed E-state index contributed by atoms with van der Waals surface area (Å²) in [5, 5.41) is 5.07. The second kappa shape index (κ2) is 18.4. The number of phosphoric acid groups is 2. The van der Waals surface area contributed by atoms with Gasteiger partial charge in [0, 0.05) is 42.9 Å². The number of ether oxygens (including phenoxy) is 2. The minimum absolute atomic E-state index is 0. The molecule has 0 radical (unpaired) electrons. The van der Waals surface area contributed by atoms with Gasteiger partial charge in [0.15, 0.2) is 6.23 Å². The fourth-order valence-electron chi connectivity index (χ4n) is 4.36. The predicted octanol–water partition coefficient (Wildman–Crippen LogP) is -0.120. The molecule has 18 nitrogen and oxygen atoms in total. The van der Waals surface area contributed by atoms with Crippen LogP contribution >= 0.6 is 47.5 Å². The van der Waals surface area contributed by atoms with Crippen LogP contribution in [0.5, 0.6) is 11.5 Å². The number of phosphoric ester groups is 2. The molecule has 0 saturated carbocycles. The van der Waals surface area contributed by atoms with E-state index in [2.05, 4.69) is 42.5 Å². The van der Waals surface area contributed by atoms with Gasteiger partial charge in [-0.2, -0.15) is 0 Å². The standard InChI is InChI=1S/C26H28Br2N4O14P2.Na/c1-41-24-23(46-48(39,40)45-18-7-3-5-16(11-18)30-22(35)13-28)19(43-25(24)32-9-8-20(33)31-26(32)36)14-42-47(37,38)44-17-6-2-4-15(10-17)29-21(34)12-27;/h2-11,19,23-25H,12-14H2,1H3,(H,29,34)(H,30,35)(H,37,38)(H,39,40)(H,31,33,36);/q;+1. The van der Waals surface area contributed by atoms with E-state index in [9.17, 15) is 38.1 Å². The molecule has 0 spiro atoms.